The van der Waals surface area contributed by atoms with Gasteiger partial charge in [-0.1, -0.05) is 0 Å². The molecule has 6 nitrogen and oxygen atoms in total. The van der Waals surface area contributed by atoms with Gasteiger partial charge in [0, 0.05) is 0 Å². The molecular formula is C6H6N2O4S2. The number of anilines is 1. The molecule has 1 aromatic heterocycles. The Balaban J connectivity index is 2.40. The Morgan fingerprint density at radius 1 is 1.43 bits per heavy atom. The zero-order valence-corrected chi connectivity index (χ0v) is 8.35. The van der Waals surface area contributed by atoms with E-state index in [0.717, 1.165) is 0 Å². The van der Waals surface area contributed by atoms with Gasteiger partial charge in [0.05, 0.1) is 5.56 Å². The first kappa shape index (κ1) is 9.44. The van der Waals surface area contributed by atoms with Crippen molar-refractivity contribution in [3.8, 4) is 0 Å². The Bertz CT molecular complexity index is 478. The number of rotatable bonds is 1. The lowest BCUT2D eigenvalue weighted by molar-refractivity contribution is 0.0946. The lowest BCUT2D eigenvalue weighted by atomic mass is 10.3. The Kier molecular flexibility index (Phi) is 1.98. The van der Waals surface area contributed by atoms with E-state index in [1.165, 1.54) is 11.3 Å². The van der Waals surface area contributed by atoms with E-state index in [9.17, 15) is 13.2 Å². The van der Waals surface area contributed by atoms with Crippen molar-refractivity contribution in [1.29, 1.82) is 0 Å². The maximum Gasteiger partial charge on any atom is 0.305 e. The third-order valence-corrected chi connectivity index (χ3v) is 3.41. The second kappa shape index (κ2) is 2.94. The van der Waals surface area contributed by atoms with Crippen LogP contribution >= 0.6 is 11.3 Å². The standard InChI is InChI=1S/C6H6N2O4S2/c9-4-3-1-2-13-5(3)8-6(7-4)14(10,11)12/h1-2,6,8H,(H,7,9)(H,10,11,12). The van der Waals surface area contributed by atoms with Crippen molar-refractivity contribution in [3.63, 3.8) is 0 Å². The Labute approximate surface area is 83.7 Å². The molecular weight excluding hydrogens is 228 g/mol. The number of thiophene rings is 1. The van der Waals surface area contributed by atoms with E-state index in [0.29, 0.717) is 10.6 Å². The third-order valence-electron chi connectivity index (χ3n) is 1.73. The Hall–Kier alpha value is -1.12. The second-order valence-corrected chi connectivity index (χ2v) is 5.09. The summed E-state index contributed by atoms with van der Waals surface area (Å²) in [6.07, 6.45) is 0. The molecule has 0 saturated heterocycles. The molecule has 0 spiro atoms. The van der Waals surface area contributed by atoms with Crippen LogP contribution in [-0.2, 0) is 10.1 Å². The van der Waals surface area contributed by atoms with Crippen molar-refractivity contribution in [3.05, 3.63) is 17.0 Å². The molecule has 0 aliphatic carbocycles. The van der Waals surface area contributed by atoms with Gasteiger partial charge in [-0.25, -0.2) is 0 Å². The molecule has 1 atom stereocenters. The predicted molar refractivity (Wildman–Crippen MR) is 50.7 cm³/mol. The molecule has 3 N–H and O–H groups in total. The van der Waals surface area contributed by atoms with Crippen LogP contribution in [0.5, 0.6) is 0 Å². The van der Waals surface area contributed by atoms with Crippen molar-refractivity contribution >= 4 is 32.4 Å². The summed E-state index contributed by atoms with van der Waals surface area (Å²) in [6.45, 7) is 0. The van der Waals surface area contributed by atoms with Crippen LogP contribution in [0.2, 0.25) is 0 Å². The number of hydrogen-bond acceptors (Lipinski definition) is 5. The monoisotopic (exact) mass is 234 g/mol. The van der Waals surface area contributed by atoms with Crippen LogP contribution in [0.4, 0.5) is 5.00 Å². The summed E-state index contributed by atoms with van der Waals surface area (Å²) in [5, 5.41) is 6.71. The van der Waals surface area contributed by atoms with Gasteiger partial charge in [-0.15, -0.1) is 11.3 Å². The highest BCUT2D eigenvalue weighted by Crippen LogP contribution is 2.27. The van der Waals surface area contributed by atoms with Crippen LogP contribution in [0.25, 0.3) is 0 Å². The molecule has 1 aliphatic heterocycles. The minimum atomic E-state index is -4.32. The zero-order chi connectivity index (χ0) is 10.3. The number of carbonyl (C=O) groups is 1. The van der Waals surface area contributed by atoms with Gasteiger partial charge in [-0.05, 0) is 11.4 Å². The van der Waals surface area contributed by atoms with E-state index in [1.54, 1.807) is 11.4 Å². The van der Waals surface area contributed by atoms with Crippen LogP contribution in [0.1, 0.15) is 10.4 Å². The molecule has 76 valence electrons. The van der Waals surface area contributed by atoms with Crippen LogP contribution < -0.4 is 10.6 Å². The van der Waals surface area contributed by atoms with Gasteiger partial charge in [0.15, 0.2) is 0 Å². The number of carbonyl (C=O) groups excluding carboxylic acids is 1. The summed E-state index contributed by atoms with van der Waals surface area (Å²) in [4.78, 5) is 11.3. The molecule has 1 aliphatic rings. The van der Waals surface area contributed by atoms with E-state index in [4.69, 9.17) is 4.55 Å². The smallest absolute Gasteiger partial charge is 0.305 e. The van der Waals surface area contributed by atoms with Crippen molar-refractivity contribution < 1.29 is 17.8 Å². The molecule has 1 amide bonds. The first-order valence-corrected chi connectivity index (χ1v) is 5.98. The summed E-state index contributed by atoms with van der Waals surface area (Å²) in [7, 11) is -4.32. The second-order valence-electron chi connectivity index (χ2n) is 2.68. The summed E-state index contributed by atoms with van der Waals surface area (Å²) in [5.41, 5.74) is -1.07. The molecule has 2 rings (SSSR count). The first-order valence-electron chi connectivity index (χ1n) is 3.59. The fourth-order valence-electron chi connectivity index (χ4n) is 1.10. The number of fused-ring (bicyclic) bond motifs is 1. The van der Waals surface area contributed by atoms with E-state index >= 15 is 0 Å². The summed E-state index contributed by atoms with van der Waals surface area (Å²) < 4.78 is 30.2. The van der Waals surface area contributed by atoms with Gasteiger partial charge in [0.25, 0.3) is 5.91 Å². The fraction of sp³-hybridized carbons (Fsp3) is 0.167. The van der Waals surface area contributed by atoms with Gasteiger partial charge in [0.1, 0.15) is 5.00 Å². The Morgan fingerprint density at radius 3 is 2.79 bits per heavy atom. The summed E-state index contributed by atoms with van der Waals surface area (Å²) in [6, 6.07) is 1.57. The quantitative estimate of drug-likeness (QED) is 0.598. The number of amides is 1. The SMILES string of the molecule is O=C1NC(S(=O)(=O)O)Nc2sccc21. The molecule has 14 heavy (non-hydrogen) atoms. The summed E-state index contributed by atoms with van der Waals surface area (Å²) in [5.74, 6) is -0.511. The average molecular weight is 234 g/mol. The van der Waals surface area contributed by atoms with Crippen LogP contribution in [0.15, 0.2) is 11.4 Å². The Morgan fingerprint density at radius 2 is 2.14 bits per heavy atom. The van der Waals surface area contributed by atoms with Crippen LogP contribution in [0, 0.1) is 0 Å². The van der Waals surface area contributed by atoms with Crippen molar-refractivity contribution in [2.24, 2.45) is 0 Å². The van der Waals surface area contributed by atoms with E-state index in [2.05, 4.69) is 10.6 Å². The van der Waals surface area contributed by atoms with Gasteiger partial charge in [-0.2, -0.15) is 8.42 Å². The highest BCUT2D eigenvalue weighted by molar-refractivity contribution is 7.86. The van der Waals surface area contributed by atoms with E-state index < -0.39 is 21.5 Å². The highest BCUT2D eigenvalue weighted by Gasteiger charge is 2.32. The third kappa shape index (κ3) is 1.47. The minimum Gasteiger partial charge on any atom is -0.342 e. The van der Waals surface area contributed by atoms with Gasteiger partial charge in [-0.3, -0.25) is 9.35 Å². The molecule has 2 heterocycles. The maximum atomic E-state index is 11.3. The first-order chi connectivity index (χ1) is 6.48. The molecule has 0 bridgehead atoms. The lowest BCUT2D eigenvalue weighted by Crippen LogP contribution is -2.49. The number of nitrogens with one attached hydrogen (secondary N) is 2. The molecule has 0 radical (unpaired) electrons. The van der Waals surface area contributed by atoms with Crippen LogP contribution in [-0.4, -0.2) is 24.4 Å². The van der Waals surface area contributed by atoms with Crippen molar-refractivity contribution in [2.45, 2.75) is 5.50 Å². The predicted octanol–water partition coefficient (Wildman–Crippen LogP) is 0.0748. The lowest BCUT2D eigenvalue weighted by Gasteiger charge is -2.22. The number of hydrogen-bond donors (Lipinski definition) is 3. The van der Waals surface area contributed by atoms with Gasteiger partial charge < -0.3 is 10.6 Å². The zero-order valence-electron chi connectivity index (χ0n) is 6.72. The summed E-state index contributed by atoms with van der Waals surface area (Å²) >= 11 is 1.20. The molecule has 0 aromatic carbocycles. The minimum absolute atomic E-state index is 0.384. The van der Waals surface area contributed by atoms with Crippen LogP contribution in [0.3, 0.4) is 0 Å². The average Bonchev–Trinajstić information content (AvgIpc) is 2.50. The van der Waals surface area contributed by atoms with Gasteiger partial charge >= 0.3 is 10.1 Å². The van der Waals surface area contributed by atoms with E-state index in [1.807, 2.05) is 0 Å². The molecule has 8 heteroatoms. The maximum absolute atomic E-state index is 11.3. The fourth-order valence-corrected chi connectivity index (χ4v) is 2.51. The highest BCUT2D eigenvalue weighted by atomic mass is 32.2. The van der Waals surface area contributed by atoms with Crippen molar-refractivity contribution in [1.82, 2.24) is 5.32 Å². The normalized spacial score (nSPS) is 20.9. The molecule has 0 saturated carbocycles. The van der Waals surface area contributed by atoms with Gasteiger partial charge in [0.2, 0.25) is 5.50 Å². The van der Waals surface area contributed by atoms with E-state index in [-0.39, 0.29) is 0 Å². The van der Waals surface area contributed by atoms with Crippen molar-refractivity contribution in [2.75, 3.05) is 5.32 Å². The molecule has 1 unspecified atom stereocenters. The largest absolute Gasteiger partial charge is 0.342 e. The topological polar surface area (TPSA) is 95.5 Å². The molecule has 1 aromatic rings. The molecule has 0 fully saturated rings.